The molecule has 19 heavy (non-hydrogen) atoms. The van der Waals surface area contributed by atoms with Crippen molar-refractivity contribution in [2.45, 2.75) is 64.6 Å². The third-order valence-corrected chi connectivity index (χ3v) is 4.04. The zero-order chi connectivity index (χ0) is 14.5. The molecule has 0 amide bonds. The van der Waals surface area contributed by atoms with E-state index in [1.165, 1.54) is 6.42 Å². The fourth-order valence-electron chi connectivity index (χ4n) is 2.65. The van der Waals surface area contributed by atoms with Crippen LogP contribution >= 0.6 is 0 Å². The Morgan fingerprint density at radius 3 is 2.53 bits per heavy atom. The van der Waals surface area contributed by atoms with Crippen LogP contribution in [0.15, 0.2) is 0 Å². The Hall–Kier alpha value is -0.160. The van der Waals surface area contributed by atoms with Crippen LogP contribution in [0.1, 0.15) is 47.5 Å². The van der Waals surface area contributed by atoms with Gasteiger partial charge >= 0.3 is 0 Å². The van der Waals surface area contributed by atoms with Gasteiger partial charge in [-0.1, -0.05) is 0 Å². The van der Waals surface area contributed by atoms with E-state index in [9.17, 15) is 0 Å². The maximum Gasteiger partial charge on any atom is 0.0556 e. The Morgan fingerprint density at radius 1 is 1.26 bits per heavy atom. The molecule has 0 aromatic carbocycles. The molecule has 3 N–H and O–H groups in total. The first kappa shape index (κ1) is 16.9. The van der Waals surface area contributed by atoms with Gasteiger partial charge < -0.3 is 15.7 Å². The highest BCUT2D eigenvalue weighted by Gasteiger charge is 2.28. The highest BCUT2D eigenvalue weighted by atomic mass is 16.3. The molecule has 0 saturated carbocycles. The zero-order valence-corrected chi connectivity index (χ0v) is 13.4. The van der Waals surface area contributed by atoms with Crippen LogP contribution < -0.4 is 10.6 Å². The van der Waals surface area contributed by atoms with Crippen molar-refractivity contribution in [3.63, 3.8) is 0 Å². The molecule has 1 aliphatic heterocycles. The SMILES string of the molecule is CC(C)(CC[C@@H]1CN(C(C)(C)C)CCN1)NCCO. The molecule has 1 atom stereocenters. The van der Waals surface area contributed by atoms with E-state index in [0.29, 0.717) is 12.6 Å². The van der Waals surface area contributed by atoms with Gasteiger partial charge in [0, 0.05) is 43.3 Å². The second-order valence-corrected chi connectivity index (χ2v) is 7.34. The van der Waals surface area contributed by atoms with Crippen molar-refractivity contribution in [2.75, 3.05) is 32.8 Å². The molecule has 1 saturated heterocycles. The number of rotatable bonds is 6. The van der Waals surface area contributed by atoms with Crippen molar-refractivity contribution in [3.8, 4) is 0 Å². The van der Waals surface area contributed by atoms with E-state index < -0.39 is 0 Å². The number of piperazine rings is 1. The van der Waals surface area contributed by atoms with Gasteiger partial charge in [-0.25, -0.2) is 0 Å². The van der Waals surface area contributed by atoms with E-state index in [0.717, 1.165) is 26.1 Å². The molecular weight excluding hydrogens is 238 g/mol. The Kier molecular flexibility index (Phi) is 6.24. The van der Waals surface area contributed by atoms with Gasteiger partial charge in [0.25, 0.3) is 0 Å². The third-order valence-electron chi connectivity index (χ3n) is 4.04. The smallest absolute Gasteiger partial charge is 0.0556 e. The van der Waals surface area contributed by atoms with Gasteiger partial charge in [-0.05, 0) is 47.5 Å². The van der Waals surface area contributed by atoms with Crippen LogP contribution in [-0.2, 0) is 0 Å². The van der Waals surface area contributed by atoms with Gasteiger partial charge in [-0.3, -0.25) is 4.90 Å². The number of nitrogens with zero attached hydrogens (tertiary/aromatic N) is 1. The molecule has 4 heteroatoms. The summed E-state index contributed by atoms with van der Waals surface area (Å²) in [5, 5.41) is 15.9. The zero-order valence-electron chi connectivity index (χ0n) is 13.4. The summed E-state index contributed by atoms with van der Waals surface area (Å²) in [4.78, 5) is 2.57. The molecule has 0 radical (unpaired) electrons. The monoisotopic (exact) mass is 271 g/mol. The molecule has 114 valence electrons. The quantitative estimate of drug-likeness (QED) is 0.679. The van der Waals surface area contributed by atoms with E-state index >= 15 is 0 Å². The minimum atomic E-state index is 0.106. The number of aliphatic hydroxyl groups is 1. The maximum absolute atomic E-state index is 8.89. The summed E-state index contributed by atoms with van der Waals surface area (Å²) in [6.45, 7) is 15.6. The first-order chi connectivity index (χ1) is 8.74. The molecule has 0 bridgehead atoms. The van der Waals surface area contributed by atoms with Crippen molar-refractivity contribution < 1.29 is 5.11 Å². The molecule has 0 unspecified atom stereocenters. The van der Waals surface area contributed by atoms with Gasteiger partial charge in [0.2, 0.25) is 0 Å². The van der Waals surface area contributed by atoms with Crippen molar-refractivity contribution in [2.24, 2.45) is 0 Å². The fourth-order valence-corrected chi connectivity index (χ4v) is 2.65. The second kappa shape index (κ2) is 7.02. The lowest BCUT2D eigenvalue weighted by atomic mass is 9.93. The third kappa shape index (κ3) is 6.21. The molecular formula is C15H33N3O. The summed E-state index contributed by atoms with van der Waals surface area (Å²) >= 11 is 0. The number of hydrogen-bond donors (Lipinski definition) is 3. The van der Waals surface area contributed by atoms with Gasteiger partial charge in [-0.2, -0.15) is 0 Å². The fraction of sp³-hybridized carbons (Fsp3) is 1.00. The topological polar surface area (TPSA) is 47.5 Å². The van der Waals surface area contributed by atoms with E-state index in [4.69, 9.17) is 5.11 Å². The van der Waals surface area contributed by atoms with Crippen LogP contribution in [0.4, 0.5) is 0 Å². The lowest BCUT2D eigenvalue weighted by Crippen LogP contribution is -2.57. The summed E-state index contributed by atoms with van der Waals surface area (Å²) in [7, 11) is 0. The Bertz CT molecular complexity index is 261. The van der Waals surface area contributed by atoms with Crippen LogP contribution in [0.3, 0.4) is 0 Å². The highest BCUT2D eigenvalue weighted by molar-refractivity contribution is 4.88. The molecule has 0 aliphatic carbocycles. The minimum Gasteiger partial charge on any atom is -0.395 e. The highest BCUT2D eigenvalue weighted by Crippen LogP contribution is 2.19. The van der Waals surface area contributed by atoms with Crippen LogP contribution in [0.5, 0.6) is 0 Å². The van der Waals surface area contributed by atoms with Gasteiger partial charge in [0.1, 0.15) is 0 Å². The number of hydrogen-bond acceptors (Lipinski definition) is 4. The van der Waals surface area contributed by atoms with Crippen molar-refractivity contribution in [3.05, 3.63) is 0 Å². The van der Waals surface area contributed by atoms with Gasteiger partial charge in [0.05, 0.1) is 6.61 Å². The Balaban J connectivity index is 2.36. The van der Waals surface area contributed by atoms with Crippen LogP contribution in [0.25, 0.3) is 0 Å². The first-order valence-corrected chi connectivity index (χ1v) is 7.59. The number of nitrogens with one attached hydrogen (secondary N) is 2. The Morgan fingerprint density at radius 2 is 1.95 bits per heavy atom. The molecule has 1 aliphatic rings. The molecule has 0 aromatic heterocycles. The number of β-amino-alcohol motifs (C(OH)–C–C–N with tert-alkyl or cyclic N) is 1. The molecule has 0 spiro atoms. The normalized spacial score (nSPS) is 22.7. The summed E-state index contributed by atoms with van der Waals surface area (Å²) in [6, 6.07) is 0.586. The molecule has 1 fully saturated rings. The molecule has 1 rings (SSSR count). The first-order valence-electron chi connectivity index (χ1n) is 7.59. The van der Waals surface area contributed by atoms with E-state index in [-0.39, 0.29) is 17.7 Å². The predicted molar refractivity (Wildman–Crippen MR) is 81.5 cm³/mol. The van der Waals surface area contributed by atoms with Crippen molar-refractivity contribution >= 4 is 0 Å². The lowest BCUT2D eigenvalue weighted by molar-refractivity contribution is 0.0906. The average molecular weight is 271 g/mol. The second-order valence-electron chi connectivity index (χ2n) is 7.34. The van der Waals surface area contributed by atoms with Gasteiger partial charge in [0.15, 0.2) is 0 Å². The Labute approximate surface area is 118 Å². The molecule has 0 aromatic rings. The van der Waals surface area contributed by atoms with Crippen LogP contribution in [-0.4, -0.2) is 59.9 Å². The van der Waals surface area contributed by atoms with E-state index in [2.05, 4.69) is 50.2 Å². The van der Waals surface area contributed by atoms with Gasteiger partial charge in [-0.15, -0.1) is 0 Å². The summed E-state index contributed by atoms with van der Waals surface area (Å²) in [5.41, 5.74) is 0.374. The summed E-state index contributed by atoms with van der Waals surface area (Å²) < 4.78 is 0. The largest absolute Gasteiger partial charge is 0.395 e. The van der Waals surface area contributed by atoms with Crippen LogP contribution in [0, 0.1) is 0 Å². The number of aliphatic hydroxyl groups excluding tert-OH is 1. The summed E-state index contributed by atoms with van der Waals surface area (Å²) in [6.07, 6.45) is 2.31. The standard InChI is InChI=1S/C15H33N3O/c1-14(2,3)18-10-8-16-13(12-18)6-7-15(4,5)17-9-11-19/h13,16-17,19H,6-12H2,1-5H3/t13-/m1/s1. The van der Waals surface area contributed by atoms with Crippen molar-refractivity contribution in [1.82, 2.24) is 15.5 Å². The lowest BCUT2D eigenvalue weighted by Gasteiger charge is -2.42. The van der Waals surface area contributed by atoms with E-state index in [1.54, 1.807) is 0 Å². The average Bonchev–Trinajstić information content (AvgIpc) is 2.34. The van der Waals surface area contributed by atoms with Crippen molar-refractivity contribution in [1.29, 1.82) is 0 Å². The predicted octanol–water partition coefficient (Wildman–Crippen LogP) is 1.20. The van der Waals surface area contributed by atoms with E-state index in [1.807, 2.05) is 0 Å². The molecule has 4 nitrogen and oxygen atoms in total. The minimum absolute atomic E-state index is 0.106. The molecule has 1 heterocycles. The summed E-state index contributed by atoms with van der Waals surface area (Å²) in [5.74, 6) is 0. The maximum atomic E-state index is 8.89. The van der Waals surface area contributed by atoms with Crippen LogP contribution in [0.2, 0.25) is 0 Å².